The lowest BCUT2D eigenvalue weighted by Gasteiger charge is -2.32. The summed E-state index contributed by atoms with van der Waals surface area (Å²) in [6.45, 7) is 0.206. The van der Waals surface area contributed by atoms with Gasteiger partial charge in [-0.1, -0.05) is 12.1 Å². The number of rotatable bonds is 14. The second-order valence-electron chi connectivity index (χ2n) is 9.31. The molecule has 1 aliphatic rings. The van der Waals surface area contributed by atoms with Crippen molar-refractivity contribution in [1.29, 1.82) is 0 Å². The van der Waals surface area contributed by atoms with Gasteiger partial charge in [-0.05, 0) is 43.4 Å². The topological polar surface area (TPSA) is 254 Å². The minimum absolute atomic E-state index is 0.0774. The number of Topliss-reactive ketones (excluding diaryl/α,β-unsaturated/α-hetero) is 1. The highest BCUT2D eigenvalue weighted by Gasteiger charge is 2.33. The predicted octanol–water partition coefficient (Wildman–Crippen LogP) is -1.12. The molecule has 10 N–H and O–H groups in total. The third-order valence-electron chi connectivity index (χ3n) is 5.98. The SMILES string of the molecule is NC(N)=NCCC[C@H](NC(=O)CN1CCC[C@H](NS(=O)(=O)Cc2ccc(N=C(N)N)cc2)C1=O)C(=O)c1nccs1. The summed E-state index contributed by atoms with van der Waals surface area (Å²) in [5.74, 6) is -2.00. The van der Waals surface area contributed by atoms with Gasteiger partial charge >= 0.3 is 0 Å². The van der Waals surface area contributed by atoms with Crippen LogP contribution >= 0.6 is 11.3 Å². The molecule has 15 nitrogen and oxygen atoms in total. The number of hydrogen-bond acceptors (Lipinski definition) is 9. The van der Waals surface area contributed by atoms with Crippen LogP contribution in [0.4, 0.5) is 5.69 Å². The van der Waals surface area contributed by atoms with Gasteiger partial charge < -0.3 is 33.2 Å². The second-order valence-corrected chi connectivity index (χ2v) is 12.0. The van der Waals surface area contributed by atoms with Crippen LogP contribution < -0.4 is 33.0 Å². The van der Waals surface area contributed by atoms with E-state index in [1.165, 1.54) is 11.1 Å². The zero-order valence-corrected chi connectivity index (χ0v) is 23.9. The summed E-state index contributed by atoms with van der Waals surface area (Å²) in [5, 5.41) is 4.58. The van der Waals surface area contributed by atoms with Crippen molar-refractivity contribution in [3.63, 3.8) is 0 Å². The number of carbonyl (C=O) groups excluding carboxylic acids is 3. The Kier molecular flexibility index (Phi) is 11.1. The minimum Gasteiger partial charge on any atom is -0.370 e. The van der Waals surface area contributed by atoms with Crippen molar-refractivity contribution >= 4 is 56.6 Å². The van der Waals surface area contributed by atoms with Crippen molar-refractivity contribution in [2.75, 3.05) is 19.6 Å². The number of thiazole rings is 1. The van der Waals surface area contributed by atoms with E-state index in [-0.39, 0.29) is 60.9 Å². The van der Waals surface area contributed by atoms with Crippen LogP contribution in [0.25, 0.3) is 0 Å². The van der Waals surface area contributed by atoms with E-state index in [0.29, 0.717) is 24.1 Å². The van der Waals surface area contributed by atoms with Crippen LogP contribution in [0.2, 0.25) is 0 Å². The fraction of sp³-hybridized carbons (Fsp3) is 0.417. The van der Waals surface area contributed by atoms with E-state index in [1.807, 2.05) is 0 Å². The second kappa shape index (κ2) is 14.5. The van der Waals surface area contributed by atoms with E-state index in [1.54, 1.807) is 29.6 Å². The fourth-order valence-corrected chi connectivity index (χ4v) is 6.18. The summed E-state index contributed by atoms with van der Waals surface area (Å²) < 4.78 is 28.1. The highest BCUT2D eigenvalue weighted by atomic mass is 32.2. The summed E-state index contributed by atoms with van der Waals surface area (Å²) in [6.07, 6.45) is 2.94. The van der Waals surface area contributed by atoms with Crippen molar-refractivity contribution in [3.05, 3.63) is 46.4 Å². The Labute approximate surface area is 241 Å². The normalized spacial score (nSPS) is 16.0. The zero-order chi connectivity index (χ0) is 30.0. The highest BCUT2D eigenvalue weighted by Crippen LogP contribution is 2.17. The van der Waals surface area contributed by atoms with Crippen molar-refractivity contribution in [2.45, 2.75) is 43.5 Å². The zero-order valence-electron chi connectivity index (χ0n) is 22.2. The number of guanidine groups is 2. The van der Waals surface area contributed by atoms with Crippen molar-refractivity contribution in [1.82, 2.24) is 19.9 Å². The Bertz CT molecular complexity index is 1370. The standard InChI is InChI=1S/C24H34N10O5S2/c25-23(26)30-9-1-3-17(20(36)21-29-10-12-40-21)32-19(35)13-34-11-2-4-18(22(34)37)33-41(38,39)14-15-5-7-16(8-6-15)31-24(27)28/h5-8,10,12,17-18,33H,1-4,9,11,13-14H2,(H,32,35)(H4,25,26,30)(H4,27,28,31)/t17-,18-/m0/s1. The first kappa shape index (κ1) is 31.4. The fourth-order valence-electron chi connectivity index (χ4n) is 4.18. The predicted molar refractivity (Wildman–Crippen MR) is 156 cm³/mol. The number of piperidine rings is 1. The number of amides is 2. The molecule has 0 radical (unpaired) electrons. The van der Waals surface area contributed by atoms with Gasteiger partial charge in [0.2, 0.25) is 27.6 Å². The van der Waals surface area contributed by atoms with Gasteiger partial charge in [0.1, 0.15) is 6.04 Å². The van der Waals surface area contributed by atoms with E-state index in [2.05, 4.69) is 25.0 Å². The molecule has 0 saturated carbocycles. The number of nitrogens with one attached hydrogen (secondary N) is 2. The van der Waals surface area contributed by atoms with Gasteiger partial charge in [-0.2, -0.15) is 0 Å². The van der Waals surface area contributed by atoms with Gasteiger partial charge in [-0.25, -0.2) is 23.1 Å². The van der Waals surface area contributed by atoms with Gasteiger partial charge in [0.25, 0.3) is 0 Å². The lowest BCUT2D eigenvalue weighted by atomic mass is 10.1. The maximum atomic E-state index is 13.1. The maximum absolute atomic E-state index is 13.1. The van der Waals surface area contributed by atoms with Crippen LogP contribution in [0.5, 0.6) is 0 Å². The van der Waals surface area contributed by atoms with Crippen molar-refractivity contribution < 1.29 is 22.8 Å². The molecular weight excluding hydrogens is 572 g/mol. The minimum atomic E-state index is -3.89. The van der Waals surface area contributed by atoms with E-state index in [9.17, 15) is 22.8 Å². The largest absolute Gasteiger partial charge is 0.370 e. The average molecular weight is 607 g/mol. The van der Waals surface area contributed by atoms with Crippen LogP contribution in [0.15, 0.2) is 45.8 Å². The third kappa shape index (κ3) is 10.1. The van der Waals surface area contributed by atoms with Crippen LogP contribution in [-0.4, -0.2) is 79.5 Å². The number of likely N-dealkylation sites (tertiary alicyclic amines) is 1. The number of nitrogens with zero attached hydrogens (tertiary/aromatic N) is 4. The van der Waals surface area contributed by atoms with Crippen LogP contribution in [0.1, 0.15) is 41.0 Å². The van der Waals surface area contributed by atoms with Gasteiger partial charge in [-0.15, -0.1) is 11.3 Å². The molecule has 0 unspecified atom stereocenters. The number of carbonyl (C=O) groups is 3. The van der Waals surface area contributed by atoms with Crippen molar-refractivity contribution in [2.24, 2.45) is 32.9 Å². The first-order chi connectivity index (χ1) is 19.4. The summed E-state index contributed by atoms with van der Waals surface area (Å²) in [6, 6.07) is 4.38. The maximum Gasteiger partial charge on any atom is 0.241 e. The Morgan fingerprint density at radius 3 is 2.51 bits per heavy atom. The number of aromatic nitrogens is 1. The monoisotopic (exact) mass is 606 g/mol. The first-order valence-electron chi connectivity index (χ1n) is 12.7. The molecule has 1 saturated heterocycles. The lowest BCUT2D eigenvalue weighted by molar-refractivity contribution is -0.139. The highest BCUT2D eigenvalue weighted by molar-refractivity contribution is 7.88. The van der Waals surface area contributed by atoms with Crippen LogP contribution in [0.3, 0.4) is 0 Å². The summed E-state index contributed by atoms with van der Waals surface area (Å²) in [5.41, 5.74) is 22.3. The number of sulfonamides is 1. The van der Waals surface area contributed by atoms with E-state index < -0.39 is 33.9 Å². The number of aliphatic imine (C=N–C) groups is 2. The molecule has 2 heterocycles. The Balaban J connectivity index is 1.59. The molecule has 1 aliphatic heterocycles. The molecule has 41 heavy (non-hydrogen) atoms. The van der Waals surface area contributed by atoms with Crippen LogP contribution in [-0.2, 0) is 25.4 Å². The van der Waals surface area contributed by atoms with Gasteiger partial charge in [0.15, 0.2) is 16.9 Å². The summed E-state index contributed by atoms with van der Waals surface area (Å²) in [4.78, 5) is 52.0. The Hall–Kier alpha value is -4.09. The van der Waals surface area contributed by atoms with Gasteiger partial charge in [0, 0.05) is 24.7 Å². The number of hydrogen-bond donors (Lipinski definition) is 6. The molecule has 2 aromatic rings. The van der Waals surface area contributed by atoms with E-state index in [0.717, 1.165) is 11.3 Å². The molecule has 17 heteroatoms. The smallest absolute Gasteiger partial charge is 0.241 e. The average Bonchev–Trinajstić information content (AvgIpc) is 3.43. The van der Waals surface area contributed by atoms with Crippen molar-refractivity contribution in [3.8, 4) is 0 Å². The number of ketones is 1. The van der Waals surface area contributed by atoms with E-state index >= 15 is 0 Å². The molecular formula is C24H34N10O5S2. The van der Waals surface area contributed by atoms with Gasteiger partial charge in [0.05, 0.1) is 24.0 Å². The molecule has 3 rings (SSSR count). The molecule has 2 atom stereocenters. The quantitative estimate of drug-likeness (QED) is 0.0653. The lowest BCUT2D eigenvalue weighted by Crippen LogP contribution is -2.55. The molecule has 0 spiro atoms. The first-order valence-corrected chi connectivity index (χ1v) is 15.2. The number of nitrogens with two attached hydrogens (primary N) is 4. The molecule has 2 amide bonds. The third-order valence-corrected chi connectivity index (χ3v) is 8.12. The summed E-state index contributed by atoms with van der Waals surface area (Å²) in [7, 11) is -3.89. The summed E-state index contributed by atoms with van der Waals surface area (Å²) >= 11 is 1.15. The molecule has 1 aromatic carbocycles. The molecule has 1 aromatic heterocycles. The van der Waals surface area contributed by atoms with E-state index in [4.69, 9.17) is 22.9 Å². The van der Waals surface area contributed by atoms with Gasteiger partial charge in [-0.3, -0.25) is 19.4 Å². The molecule has 1 fully saturated rings. The van der Waals surface area contributed by atoms with Crippen LogP contribution in [0, 0.1) is 0 Å². The Morgan fingerprint density at radius 1 is 1.15 bits per heavy atom. The molecule has 0 aliphatic carbocycles. The Morgan fingerprint density at radius 2 is 1.88 bits per heavy atom. The number of benzene rings is 1. The molecule has 222 valence electrons. The molecule has 0 bridgehead atoms.